The molecule has 2 N–H and O–H groups in total. The van der Waals surface area contributed by atoms with E-state index in [0.717, 1.165) is 59.2 Å². The standard InChI is InChI=1S/C41H47N3O6S2/c1-5-24(3)38(47)50-39(4)15-12-27-23-51-52-40(13-8-7-9-14-40)37-25(6-2)22-44(37)34(45)17-29-21-43-33(42)18-30(29)36(27)41(39)20-28-16-26-10-11-35(46)48-31(26)19-32(28)49-41/h5,10-12,16,18-19,21,25,36-37H,6-9,13-15,17,20,22-23H2,1-4H3,(H2,42,43)/b24-5+/t25-,36+,37-,39+,41+/m0/s1. The molecular weight excluding hydrogens is 695 g/mol. The second kappa shape index (κ2) is 13.3. The van der Waals surface area contributed by atoms with Crippen LogP contribution >= 0.6 is 21.6 Å². The van der Waals surface area contributed by atoms with Crippen LogP contribution in [0.15, 0.2) is 69.0 Å². The van der Waals surface area contributed by atoms with Crippen molar-refractivity contribution in [3.8, 4) is 5.75 Å². The lowest BCUT2D eigenvalue weighted by Gasteiger charge is -2.58. The Bertz CT molecular complexity index is 2070. The number of hydrogen-bond acceptors (Lipinski definition) is 10. The number of nitrogens with zero attached hydrogens (tertiary/aromatic N) is 2. The van der Waals surface area contributed by atoms with Crippen molar-refractivity contribution < 1.29 is 23.5 Å². The highest BCUT2D eigenvalue weighted by molar-refractivity contribution is 8.77. The van der Waals surface area contributed by atoms with Gasteiger partial charge in [0.05, 0.1) is 18.4 Å². The van der Waals surface area contributed by atoms with Gasteiger partial charge in [-0.05, 0) is 80.8 Å². The van der Waals surface area contributed by atoms with Gasteiger partial charge in [0, 0.05) is 59.2 Å². The number of allylic oxidation sites excluding steroid dienone is 1. The molecule has 9 nitrogen and oxygen atoms in total. The second-order valence-electron chi connectivity index (χ2n) is 15.5. The van der Waals surface area contributed by atoms with E-state index in [0.29, 0.717) is 41.5 Å². The lowest BCUT2D eigenvalue weighted by molar-refractivity contribution is -0.183. The average molecular weight is 742 g/mol. The summed E-state index contributed by atoms with van der Waals surface area (Å²) in [6.07, 6.45) is 13.7. The lowest BCUT2D eigenvalue weighted by Crippen LogP contribution is -2.67. The van der Waals surface area contributed by atoms with Crippen LogP contribution in [0, 0.1) is 5.92 Å². The Labute approximate surface area is 312 Å². The molecule has 5 atom stereocenters. The first-order valence-electron chi connectivity index (χ1n) is 18.6. The first kappa shape index (κ1) is 35.3. The number of rotatable bonds is 3. The molecule has 5 aliphatic rings. The average Bonchev–Trinajstić information content (AvgIpc) is 3.48. The molecule has 1 saturated heterocycles. The summed E-state index contributed by atoms with van der Waals surface area (Å²) < 4.78 is 19.4. The molecule has 8 rings (SSSR count). The number of esters is 1. The van der Waals surface area contributed by atoms with Gasteiger partial charge in [0.15, 0.2) is 11.2 Å². The van der Waals surface area contributed by atoms with Gasteiger partial charge in [0.1, 0.15) is 17.2 Å². The normalized spacial score (nSPS) is 29.8. The van der Waals surface area contributed by atoms with Gasteiger partial charge < -0.3 is 24.5 Å². The molecule has 0 radical (unpaired) electrons. The molecule has 2 aliphatic carbocycles. The second-order valence-corrected chi connectivity index (χ2v) is 18.3. The molecular formula is C41H47N3O6S2. The number of amides is 1. The van der Waals surface area contributed by atoms with Gasteiger partial charge in [0.2, 0.25) is 5.91 Å². The van der Waals surface area contributed by atoms with Crippen molar-refractivity contribution in [2.45, 2.75) is 113 Å². The van der Waals surface area contributed by atoms with Crippen LogP contribution < -0.4 is 16.1 Å². The number of benzene rings is 1. The molecule has 11 heteroatoms. The third kappa shape index (κ3) is 5.68. The molecule has 52 heavy (non-hydrogen) atoms. The number of carbonyl (C=O) groups excluding carboxylic acids is 2. The fourth-order valence-corrected chi connectivity index (χ4v) is 13.3. The predicted octanol–water partition coefficient (Wildman–Crippen LogP) is 7.70. The van der Waals surface area contributed by atoms with Crippen LogP contribution in [0.3, 0.4) is 0 Å². The minimum Gasteiger partial charge on any atom is -0.481 e. The highest BCUT2D eigenvalue weighted by Crippen LogP contribution is 2.60. The van der Waals surface area contributed by atoms with Gasteiger partial charge in [-0.1, -0.05) is 65.5 Å². The van der Waals surface area contributed by atoms with Gasteiger partial charge >= 0.3 is 11.6 Å². The van der Waals surface area contributed by atoms with Gasteiger partial charge in [-0.2, -0.15) is 0 Å². The van der Waals surface area contributed by atoms with Gasteiger partial charge in [0.25, 0.3) is 0 Å². The lowest BCUT2D eigenvalue weighted by atomic mass is 9.61. The smallest absolute Gasteiger partial charge is 0.336 e. The summed E-state index contributed by atoms with van der Waals surface area (Å²) in [5.74, 6) is 1.42. The van der Waals surface area contributed by atoms with E-state index in [9.17, 15) is 14.4 Å². The van der Waals surface area contributed by atoms with Crippen molar-refractivity contribution in [2.24, 2.45) is 5.92 Å². The maximum absolute atomic E-state index is 14.5. The van der Waals surface area contributed by atoms with E-state index >= 15 is 0 Å². The Morgan fingerprint density at radius 3 is 2.73 bits per heavy atom. The number of ether oxygens (including phenoxy) is 2. The van der Waals surface area contributed by atoms with E-state index in [4.69, 9.17) is 19.6 Å². The molecule has 0 bridgehead atoms. The van der Waals surface area contributed by atoms with Gasteiger partial charge in [-0.15, -0.1) is 0 Å². The van der Waals surface area contributed by atoms with Crippen LogP contribution in [0.25, 0.3) is 11.0 Å². The summed E-state index contributed by atoms with van der Waals surface area (Å²) in [5, 5.41) is 0.784. The molecule has 3 aliphatic heterocycles. The molecule has 1 saturated carbocycles. The number of aromatic nitrogens is 1. The number of nitrogens with two attached hydrogens (primary N) is 1. The Morgan fingerprint density at radius 1 is 1.15 bits per heavy atom. The summed E-state index contributed by atoms with van der Waals surface area (Å²) in [6, 6.07) is 9.08. The molecule has 3 aromatic rings. The van der Waals surface area contributed by atoms with Crippen molar-refractivity contribution >= 4 is 50.3 Å². The quantitative estimate of drug-likeness (QED) is 0.0939. The number of nitrogen functional groups attached to an aromatic ring is 1. The largest absolute Gasteiger partial charge is 0.481 e. The topological polar surface area (TPSA) is 125 Å². The first-order chi connectivity index (χ1) is 25.0. The fraction of sp³-hybridized carbons (Fsp3) is 0.512. The van der Waals surface area contributed by atoms with E-state index in [1.165, 1.54) is 25.3 Å². The van der Waals surface area contributed by atoms with E-state index in [2.05, 4.69) is 22.9 Å². The van der Waals surface area contributed by atoms with Crippen LogP contribution in [-0.4, -0.2) is 56.0 Å². The Balaban J connectivity index is 1.31. The fourth-order valence-electron chi connectivity index (χ4n) is 9.59. The number of fused-ring (bicyclic) bond motifs is 8. The summed E-state index contributed by atoms with van der Waals surface area (Å²) in [5.41, 5.74) is 8.47. The van der Waals surface area contributed by atoms with Crippen LogP contribution in [0.5, 0.6) is 5.75 Å². The first-order valence-corrected chi connectivity index (χ1v) is 21.0. The highest BCUT2D eigenvalue weighted by atomic mass is 33.1. The van der Waals surface area contributed by atoms with Crippen LogP contribution in [-0.2, 0) is 27.2 Å². The molecule has 5 heterocycles. The number of anilines is 1. The molecule has 2 spiro atoms. The van der Waals surface area contributed by atoms with Crippen molar-refractivity contribution in [3.05, 3.63) is 86.9 Å². The number of hydrogen-bond donors (Lipinski definition) is 1. The Hall–Kier alpha value is -3.70. The van der Waals surface area contributed by atoms with E-state index in [-0.39, 0.29) is 23.1 Å². The third-order valence-corrected chi connectivity index (χ3v) is 15.8. The predicted molar refractivity (Wildman–Crippen MR) is 206 cm³/mol. The molecule has 2 aromatic heterocycles. The summed E-state index contributed by atoms with van der Waals surface area (Å²) in [7, 11) is 3.88. The number of carbonyl (C=O) groups is 2. The van der Waals surface area contributed by atoms with Gasteiger partial charge in [-0.25, -0.2) is 14.6 Å². The van der Waals surface area contributed by atoms with Crippen LogP contribution in [0.2, 0.25) is 0 Å². The minimum absolute atomic E-state index is 0.000512. The van der Waals surface area contributed by atoms with E-state index in [1.807, 2.05) is 47.6 Å². The maximum Gasteiger partial charge on any atom is 0.336 e. The highest BCUT2D eigenvalue weighted by Gasteiger charge is 2.64. The van der Waals surface area contributed by atoms with Crippen molar-refractivity contribution in [1.29, 1.82) is 0 Å². The van der Waals surface area contributed by atoms with Crippen molar-refractivity contribution in [1.82, 2.24) is 9.88 Å². The van der Waals surface area contributed by atoms with Gasteiger partial charge in [-0.3, -0.25) is 4.79 Å². The Kier molecular flexibility index (Phi) is 9.04. The molecule has 1 amide bonds. The van der Waals surface area contributed by atoms with E-state index in [1.54, 1.807) is 31.3 Å². The summed E-state index contributed by atoms with van der Waals surface area (Å²) in [6.45, 7) is 8.58. The zero-order chi connectivity index (χ0) is 36.4. The van der Waals surface area contributed by atoms with Crippen LogP contribution in [0.4, 0.5) is 5.82 Å². The molecule has 0 unspecified atom stereocenters. The molecule has 1 aromatic carbocycles. The Morgan fingerprint density at radius 2 is 1.96 bits per heavy atom. The zero-order valence-electron chi connectivity index (χ0n) is 30.4. The van der Waals surface area contributed by atoms with Crippen LogP contribution in [0.1, 0.15) is 95.2 Å². The molecule has 274 valence electrons. The monoisotopic (exact) mass is 741 g/mol. The summed E-state index contributed by atoms with van der Waals surface area (Å²) >= 11 is 0. The zero-order valence-corrected chi connectivity index (χ0v) is 32.0. The van der Waals surface area contributed by atoms with Crippen molar-refractivity contribution in [3.63, 3.8) is 0 Å². The van der Waals surface area contributed by atoms with Crippen molar-refractivity contribution in [2.75, 3.05) is 18.0 Å². The maximum atomic E-state index is 14.5. The molecule has 2 fully saturated rings. The number of pyridine rings is 1. The van der Waals surface area contributed by atoms with E-state index < -0.39 is 28.7 Å². The minimum atomic E-state index is -1.13. The summed E-state index contributed by atoms with van der Waals surface area (Å²) in [4.78, 5) is 47.1. The SMILES string of the molecule is C/C=C(\C)C(=O)O[C@]1(C)CC=C2CSSC3(CCCCC3)[C@@H]3[C@@H](CC)CN3C(=O)Cc3cnc(N)cc3[C@@H]2[C@]12Cc1cc3ccc(=O)oc3cc1O2. The third-order valence-electron chi connectivity index (χ3n) is 12.6.